The van der Waals surface area contributed by atoms with Gasteiger partial charge in [0.15, 0.2) is 5.11 Å². The van der Waals surface area contributed by atoms with E-state index in [-0.39, 0.29) is 0 Å². The number of pyridine rings is 1. The van der Waals surface area contributed by atoms with Crippen molar-refractivity contribution in [2.45, 2.75) is 19.4 Å². The number of nitrogens with one attached hydrogen (secondary N) is 1. The first-order valence-electron chi connectivity index (χ1n) is 10.0. The summed E-state index contributed by atoms with van der Waals surface area (Å²) in [5.41, 5.74) is 2.37. The zero-order valence-electron chi connectivity index (χ0n) is 17.3. The Morgan fingerprint density at radius 2 is 2.03 bits per heavy atom. The van der Waals surface area contributed by atoms with Gasteiger partial charge in [-0.05, 0) is 60.5 Å². The van der Waals surface area contributed by atoms with Crippen LogP contribution in [0, 0.1) is 0 Å². The summed E-state index contributed by atoms with van der Waals surface area (Å²) in [5.74, 6) is 1.71. The van der Waals surface area contributed by atoms with Crippen molar-refractivity contribution in [1.29, 1.82) is 0 Å². The lowest BCUT2D eigenvalue weighted by atomic mass is 10.1. The fraction of sp³-hybridized carbons (Fsp3) is 0.455. The van der Waals surface area contributed by atoms with Gasteiger partial charge in [-0.25, -0.2) is 0 Å². The van der Waals surface area contributed by atoms with Gasteiger partial charge in [-0.3, -0.25) is 9.88 Å². The van der Waals surface area contributed by atoms with Crippen molar-refractivity contribution in [2.24, 2.45) is 0 Å². The molecule has 2 heterocycles. The number of hydrogen-bond acceptors (Lipinski definition) is 5. The number of aromatic nitrogens is 1. The molecule has 1 saturated heterocycles. The highest BCUT2D eigenvalue weighted by Crippen LogP contribution is 2.24. The predicted octanol–water partition coefficient (Wildman–Crippen LogP) is 2.72. The molecular formula is C22H30N4O2S. The van der Waals surface area contributed by atoms with Gasteiger partial charge in [0, 0.05) is 51.7 Å². The van der Waals surface area contributed by atoms with Crippen LogP contribution in [0.4, 0.5) is 0 Å². The van der Waals surface area contributed by atoms with Crippen molar-refractivity contribution in [3.05, 3.63) is 53.9 Å². The Morgan fingerprint density at radius 3 is 2.79 bits per heavy atom. The molecule has 0 atom stereocenters. The van der Waals surface area contributed by atoms with Gasteiger partial charge in [0.25, 0.3) is 0 Å². The van der Waals surface area contributed by atoms with Crippen molar-refractivity contribution in [3.8, 4) is 11.5 Å². The summed E-state index contributed by atoms with van der Waals surface area (Å²) in [6, 6.07) is 10.0. The Kier molecular flexibility index (Phi) is 8.07. The second kappa shape index (κ2) is 11.0. The van der Waals surface area contributed by atoms with E-state index >= 15 is 0 Å². The Labute approximate surface area is 178 Å². The Balaban J connectivity index is 1.46. The molecule has 0 saturated carbocycles. The highest BCUT2D eigenvalue weighted by Gasteiger charge is 2.17. The normalized spacial score (nSPS) is 14.9. The van der Waals surface area contributed by atoms with E-state index in [9.17, 15) is 0 Å². The number of benzene rings is 1. The highest BCUT2D eigenvalue weighted by molar-refractivity contribution is 7.80. The van der Waals surface area contributed by atoms with E-state index in [0.29, 0.717) is 0 Å². The van der Waals surface area contributed by atoms with E-state index in [0.717, 1.165) is 74.3 Å². The van der Waals surface area contributed by atoms with Crippen LogP contribution < -0.4 is 14.8 Å². The fourth-order valence-electron chi connectivity index (χ4n) is 3.58. The number of methoxy groups -OCH3 is 2. The largest absolute Gasteiger partial charge is 0.497 e. The second-order valence-electron chi connectivity index (χ2n) is 7.14. The van der Waals surface area contributed by atoms with Crippen molar-refractivity contribution >= 4 is 17.3 Å². The summed E-state index contributed by atoms with van der Waals surface area (Å²) in [4.78, 5) is 8.97. The number of rotatable bonds is 7. The molecule has 0 amide bonds. The van der Waals surface area contributed by atoms with Crippen LogP contribution in [0.1, 0.15) is 17.5 Å². The molecule has 7 heteroatoms. The molecule has 0 unspecified atom stereocenters. The molecule has 1 N–H and O–H groups in total. The summed E-state index contributed by atoms with van der Waals surface area (Å²) < 4.78 is 10.8. The van der Waals surface area contributed by atoms with Crippen LogP contribution >= 0.6 is 12.2 Å². The first-order valence-corrected chi connectivity index (χ1v) is 10.5. The van der Waals surface area contributed by atoms with E-state index in [2.05, 4.69) is 26.2 Å². The summed E-state index contributed by atoms with van der Waals surface area (Å²) in [7, 11) is 3.37. The minimum atomic E-state index is 0.762. The van der Waals surface area contributed by atoms with Crippen molar-refractivity contribution in [1.82, 2.24) is 20.1 Å². The zero-order chi connectivity index (χ0) is 20.5. The fourth-order valence-corrected chi connectivity index (χ4v) is 3.86. The average Bonchev–Trinajstić information content (AvgIpc) is 3.00. The summed E-state index contributed by atoms with van der Waals surface area (Å²) in [6.07, 6.45) is 5.69. The van der Waals surface area contributed by atoms with E-state index in [4.69, 9.17) is 21.7 Å². The predicted molar refractivity (Wildman–Crippen MR) is 120 cm³/mol. The van der Waals surface area contributed by atoms with E-state index in [1.54, 1.807) is 14.2 Å². The van der Waals surface area contributed by atoms with Gasteiger partial charge < -0.3 is 19.7 Å². The van der Waals surface area contributed by atoms with Crippen LogP contribution in [0.3, 0.4) is 0 Å². The van der Waals surface area contributed by atoms with Gasteiger partial charge in [-0.2, -0.15) is 0 Å². The van der Waals surface area contributed by atoms with Gasteiger partial charge in [0.2, 0.25) is 0 Å². The van der Waals surface area contributed by atoms with Crippen molar-refractivity contribution in [2.75, 3.05) is 46.9 Å². The molecule has 6 nitrogen and oxygen atoms in total. The molecule has 29 heavy (non-hydrogen) atoms. The van der Waals surface area contributed by atoms with Crippen molar-refractivity contribution in [3.63, 3.8) is 0 Å². The first-order chi connectivity index (χ1) is 14.2. The number of ether oxygens (including phenoxy) is 2. The molecule has 156 valence electrons. The molecule has 1 aliphatic rings. The smallest absolute Gasteiger partial charge is 0.168 e. The van der Waals surface area contributed by atoms with Gasteiger partial charge in [0.05, 0.1) is 14.2 Å². The van der Waals surface area contributed by atoms with Crippen LogP contribution in [0.25, 0.3) is 0 Å². The van der Waals surface area contributed by atoms with Gasteiger partial charge in [-0.15, -0.1) is 0 Å². The number of hydrogen-bond donors (Lipinski definition) is 1. The topological polar surface area (TPSA) is 49.9 Å². The second-order valence-corrected chi connectivity index (χ2v) is 7.52. The van der Waals surface area contributed by atoms with E-state index in [1.807, 2.05) is 36.7 Å². The van der Waals surface area contributed by atoms with Crippen LogP contribution in [0.5, 0.6) is 11.5 Å². The molecule has 0 bridgehead atoms. The Hall–Kier alpha value is -2.38. The lowest BCUT2D eigenvalue weighted by molar-refractivity contribution is 0.277. The monoisotopic (exact) mass is 414 g/mol. The highest BCUT2D eigenvalue weighted by atomic mass is 32.1. The third kappa shape index (κ3) is 6.30. The Morgan fingerprint density at radius 1 is 1.14 bits per heavy atom. The SMILES string of the molecule is COc1ccc(OC)c(CCNC(=S)N2CCCN(Cc3cccnc3)CC2)c1. The van der Waals surface area contributed by atoms with Crippen LogP contribution in [0.15, 0.2) is 42.7 Å². The summed E-state index contributed by atoms with van der Waals surface area (Å²) in [5, 5.41) is 4.24. The van der Waals surface area contributed by atoms with Crippen LogP contribution in [-0.2, 0) is 13.0 Å². The molecule has 0 spiro atoms. The minimum absolute atomic E-state index is 0.762. The number of thiocarbonyl (C=S) groups is 1. The third-order valence-electron chi connectivity index (χ3n) is 5.16. The van der Waals surface area contributed by atoms with Gasteiger partial charge in [0.1, 0.15) is 11.5 Å². The maximum Gasteiger partial charge on any atom is 0.168 e. The average molecular weight is 415 g/mol. The van der Waals surface area contributed by atoms with E-state index in [1.165, 1.54) is 5.56 Å². The minimum Gasteiger partial charge on any atom is -0.497 e. The molecule has 3 rings (SSSR count). The lowest BCUT2D eigenvalue weighted by Gasteiger charge is -2.25. The molecule has 1 aromatic heterocycles. The number of nitrogens with zero attached hydrogens (tertiary/aromatic N) is 3. The molecule has 0 radical (unpaired) electrons. The van der Waals surface area contributed by atoms with Gasteiger partial charge >= 0.3 is 0 Å². The maximum absolute atomic E-state index is 5.66. The lowest BCUT2D eigenvalue weighted by Crippen LogP contribution is -2.42. The van der Waals surface area contributed by atoms with Crippen LogP contribution in [-0.4, -0.2) is 66.8 Å². The Bertz CT molecular complexity index is 788. The zero-order valence-corrected chi connectivity index (χ0v) is 18.1. The molecule has 1 fully saturated rings. The maximum atomic E-state index is 5.66. The molecule has 1 aliphatic heterocycles. The molecule has 0 aliphatic carbocycles. The van der Waals surface area contributed by atoms with Crippen LogP contribution in [0.2, 0.25) is 0 Å². The van der Waals surface area contributed by atoms with E-state index < -0.39 is 0 Å². The quantitative estimate of drug-likeness (QED) is 0.699. The molecule has 2 aromatic rings. The summed E-state index contributed by atoms with van der Waals surface area (Å²) >= 11 is 5.66. The first kappa shape index (κ1) is 21.3. The van der Waals surface area contributed by atoms with Crippen molar-refractivity contribution < 1.29 is 9.47 Å². The molecule has 1 aromatic carbocycles. The molecular weight excluding hydrogens is 384 g/mol. The standard InChI is InChI=1S/C22H30N4O2S/c1-27-20-6-7-21(28-2)19(15-20)8-10-24-22(29)26-12-4-11-25(13-14-26)17-18-5-3-9-23-16-18/h3,5-7,9,15-16H,4,8,10-14,17H2,1-2H3,(H,24,29). The van der Waals surface area contributed by atoms with Gasteiger partial charge in [-0.1, -0.05) is 6.07 Å². The summed E-state index contributed by atoms with van der Waals surface area (Å²) in [6.45, 7) is 5.71. The third-order valence-corrected chi connectivity index (χ3v) is 5.57.